The molecule has 2 aliphatic heterocycles. The monoisotopic (exact) mass is 408 g/mol. The molecule has 1 amide bonds. The molecule has 0 N–H and O–H groups in total. The number of nitro benzene ring substituents is 1. The van der Waals surface area contributed by atoms with Gasteiger partial charge in [0, 0.05) is 49.9 Å². The molecule has 2 heterocycles. The highest BCUT2D eigenvalue weighted by Crippen LogP contribution is 2.32. The number of hydrogen-bond donors (Lipinski definition) is 0. The number of anilines is 1. The van der Waals surface area contributed by atoms with Crippen LogP contribution in [0.4, 0.5) is 11.4 Å². The number of carbonyl (C=O) groups is 1. The lowest BCUT2D eigenvalue weighted by atomic mass is 9.99. The predicted octanol–water partition coefficient (Wildman–Crippen LogP) is 3.55. The van der Waals surface area contributed by atoms with Crippen molar-refractivity contribution in [3.05, 3.63) is 33.3 Å². The number of rotatable bonds is 5. The number of benzene rings is 1. The average Bonchev–Trinajstić information content (AvgIpc) is 2.72. The van der Waals surface area contributed by atoms with Crippen LogP contribution in [0.15, 0.2) is 18.2 Å². The summed E-state index contributed by atoms with van der Waals surface area (Å²) >= 11 is 5.92. The van der Waals surface area contributed by atoms with Crippen LogP contribution in [-0.4, -0.2) is 65.4 Å². The first-order valence-electron chi connectivity index (χ1n) is 10.2. The summed E-state index contributed by atoms with van der Waals surface area (Å²) in [7, 11) is 0. The molecule has 2 saturated heterocycles. The Labute approximate surface area is 171 Å². The van der Waals surface area contributed by atoms with Gasteiger partial charge in [0.1, 0.15) is 5.69 Å². The van der Waals surface area contributed by atoms with Gasteiger partial charge in [-0.1, -0.05) is 18.5 Å². The number of nitrogens with zero attached hydrogens (tertiary/aromatic N) is 4. The van der Waals surface area contributed by atoms with Crippen molar-refractivity contribution in [3.63, 3.8) is 0 Å². The number of amides is 1. The van der Waals surface area contributed by atoms with Gasteiger partial charge < -0.3 is 9.80 Å². The van der Waals surface area contributed by atoms with Crippen LogP contribution < -0.4 is 4.90 Å². The van der Waals surface area contributed by atoms with E-state index >= 15 is 0 Å². The van der Waals surface area contributed by atoms with Gasteiger partial charge in [0.2, 0.25) is 5.91 Å². The van der Waals surface area contributed by atoms with Gasteiger partial charge in [-0.15, -0.1) is 0 Å². The molecule has 0 radical (unpaired) electrons. The second-order valence-corrected chi connectivity index (χ2v) is 8.12. The third kappa shape index (κ3) is 4.41. The zero-order valence-electron chi connectivity index (χ0n) is 16.6. The third-order valence-electron chi connectivity index (χ3n) is 6.08. The standard InChI is InChI=1S/C20H29ClN4O3/c1-3-17-6-4-5-9-24(17)20(26)15(2)22-10-12-23(13-11-22)18-8-7-16(21)14-19(18)25(27)28/h7-8,14-15,17H,3-6,9-13H2,1-2H3/t15-,17-/m0/s1. The SMILES string of the molecule is CC[C@H]1CCCCN1C(=O)[C@H](C)N1CCN(c2ccc(Cl)cc2[N+](=O)[O-])CC1. The first-order chi connectivity index (χ1) is 13.4. The van der Waals surface area contributed by atoms with E-state index in [1.165, 1.54) is 12.5 Å². The molecule has 1 aromatic rings. The maximum absolute atomic E-state index is 13.1. The average molecular weight is 409 g/mol. The Kier molecular flexibility index (Phi) is 6.78. The molecule has 2 aliphatic rings. The van der Waals surface area contributed by atoms with E-state index in [0.717, 1.165) is 25.8 Å². The molecular formula is C20H29ClN4O3. The molecule has 0 aromatic heterocycles. The first kappa shape index (κ1) is 20.9. The Morgan fingerprint density at radius 3 is 2.61 bits per heavy atom. The number of carbonyl (C=O) groups excluding carboxylic acids is 1. The molecule has 7 nitrogen and oxygen atoms in total. The lowest BCUT2D eigenvalue weighted by molar-refractivity contribution is -0.384. The van der Waals surface area contributed by atoms with Crippen LogP contribution in [-0.2, 0) is 4.79 Å². The molecule has 8 heteroatoms. The fraction of sp³-hybridized carbons (Fsp3) is 0.650. The zero-order valence-corrected chi connectivity index (χ0v) is 17.4. The summed E-state index contributed by atoms with van der Waals surface area (Å²) in [6.45, 7) is 7.71. The lowest BCUT2D eigenvalue weighted by Crippen LogP contribution is -2.56. The zero-order chi connectivity index (χ0) is 20.3. The minimum absolute atomic E-state index is 0.0316. The van der Waals surface area contributed by atoms with Crippen LogP contribution in [0.3, 0.4) is 0 Å². The van der Waals surface area contributed by atoms with Gasteiger partial charge in [-0.25, -0.2) is 0 Å². The molecule has 3 rings (SSSR count). The van der Waals surface area contributed by atoms with Crippen molar-refractivity contribution in [1.82, 2.24) is 9.80 Å². The summed E-state index contributed by atoms with van der Waals surface area (Å²) in [4.78, 5) is 30.3. The van der Waals surface area contributed by atoms with E-state index in [1.54, 1.807) is 12.1 Å². The van der Waals surface area contributed by atoms with Crippen LogP contribution in [0.5, 0.6) is 0 Å². The maximum Gasteiger partial charge on any atom is 0.294 e. The highest BCUT2D eigenvalue weighted by atomic mass is 35.5. The summed E-state index contributed by atoms with van der Waals surface area (Å²) in [5.74, 6) is 0.220. The summed E-state index contributed by atoms with van der Waals surface area (Å²) in [6, 6.07) is 5.00. The first-order valence-corrected chi connectivity index (χ1v) is 10.5. The number of hydrogen-bond acceptors (Lipinski definition) is 5. The van der Waals surface area contributed by atoms with Crippen molar-refractivity contribution in [2.75, 3.05) is 37.6 Å². The van der Waals surface area contributed by atoms with Crippen LogP contribution in [0, 0.1) is 10.1 Å². The number of likely N-dealkylation sites (tertiary alicyclic amines) is 1. The maximum atomic E-state index is 13.1. The minimum Gasteiger partial charge on any atom is -0.363 e. The highest BCUT2D eigenvalue weighted by molar-refractivity contribution is 6.30. The Morgan fingerprint density at radius 1 is 1.25 bits per heavy atom. The van der Waals surface area contributed by atoms with E-state index in [0.29, 0.717) is 42.9 Å². The highest BCUT2D eigenvalue weighted by Gasteiger charge is 2.33. The number of halogens is 1. The molecule has 0 spiro atoms. The molecule has 0 aliphatic carbocycles. The fourth-order valence-electron chi connectivity index (χ4n) is 4.37. The normalized spacial score (nSPS) is 22.2. The van der Waals surface area contributed by atoms with Gasteiger partial charge in [-0.2, -0.15) is 0 Å². The van der Waals surface area contributed by atoms with Gasteiger partial charge in [-0.3, -0.25) is 19.8 Å². The van der Waals surface area contributed by atoms with Crippen molar-refractivity contribution in [3.8, 4) is 0 Å². The second kappa shape index (κ2) is 9.09. The van der Waals surface area contributed by atoms with E-state index in [9.17, 15) is 14.9 Å². The predicted molar refractivity (Wildman–Crippen MR) is 111 cm³/mol. The Morgan fingerprint density at radius 2 is 1.96 bits per heavy atom. The van der Waals surface area contributed by atoms with Crippen molar-refractivity contribution in [1.29, 1.82) is 0 Å². The Bertz CT molecular complexity index is 721. The van der Waals surface area contributed by atoms with Crippen molar-refractivity contribution in [2.45, 2.75) is 51.6 Å². The molecular weight excluding hydrogens is 380 g/mol. The molecule has 0 bridgehead atoms. The summed E-state index contributed by atoms with van der Waals surface area (Å²) in [5.41, 5.74) is 0.624. The fourth-order valence-corrected chi connectivity index (χ4v) is 4.54. The number of piperidine rings is 1. The van der Waals surface area contributed by atoms with Crippen molar-refractivity contribution < 1.29 is 9.72 Å². The topological polar surface area (TPSA) is 69.9 Å². The number of piperazine rings is 1. The van der Waals surface area contributed by atoms with Gasteiger partial charge in [0.05, 0.1) is 11.0 Å². The third-order valence-corrected chi connectivity index (χ3v) is 6.31. The smallest absolute Gasteiger partial charge is 0.294 e. The molecule has 28 heavy (non-hydrogen) atoms. The summed E-state index contributed by atoms with van der Waals surface area (Å²) in [6.07, 6.45) is 4.40. The Hall–Kier alpha value is -1.86. The van der Waals surface area contributed by atoms with Crippen LogP contribution in [0.2, 0.25) is 5.02 Å². The molecule has 2 atom stereocenters. The van der Waals surface area contributed by atoms with Crippen LogP contribution >= 0.6 is 11.6 Å². The second-order valence-electron chi connectivity index (χ2n) is 7.68. The van der Waals surface area contributed by atoms with E-state index in [2.05, 4.69) is 16.7 Å². The van der Waals surface area contributed by atoms with Crippen LogP contribution in [0.1, 0.15) is 39.5 Å². The molecule has 2 fully saturated rings. The lowest BCUT2D eigenvalue weighted by Gasteiger charge is -2.42. The quantitative estimate of drug-likeness (QED) is 0.550. The van der Waals surface area contributed by atoms with E-state index in [1.807, 2.05) is 11.8 Å². The summed E-state index contributed by atoms with van der Waals surface area (Å²) in [5, 5.41) is 11.7. The van der Waals surface area contributed by atoms with Gasteiger partial charge in [0.25, 0.3) is 5.69 Å². The molecule has 0 saturated carbocycles. The molecule has 0 unspecified atom stereocenters. The van der Waals surface area contributed by atoms with E-state index in [-0.39, 0.29) is 22.6 Å². The van der Waals surface area contributed by atoms with Gasteiger partial charge >= 0.3 is 0 Å². The Balaban J connectivity index is 1.64. The number of nitro groups is 1. The largest absolute Gasteiger partial charge is 0.363 e. The van der Waals surface area contributed by atoms with E-state index in [4.69, 9.17) is 11.6 Å². The van der Waals surface area contributed by atoms with Crippen molar-refractivity contribution >= 4 is 28.9 Å². The summed E-state index contributed by atoms with van der Waals surface area (Å²) < 4.78 is 0. The van der Waals surface area contributed by atoms with Crippen molar-refractivity contribution in [2.24, 2.45) is 0 Å². The molecule has 1 aromatic carbocycles. The van der Waals surface area contributed by atoms with Gasteiger partial charge in [-0.05, 0) is 44.7 Å². The molecule has 154 valence electrons. The van der Waals surface area contributed by atoms with E-state index < -0.39 is 0 Å². The van der Waals surface area contributed by atoms with Crippen LogP contribution in [0.25, 0.3) is 0 Å². The minimum atomic E-state index is -0.388. The van der Waals surface area contributed by atoms with Gasteiger partial charge in [0.15, 0.2) is 0 Å².